The number of hydrogen-bond donors (Lipinski definition) is 2. The highest BCUT2D eigenvalue weighted by Gasteiger charge is 2.28. The van der Waals surface area contributed by atoms with E-state index >= 15 is 0 Å². The summed E-state index contributed by atoms with van der Waals surface area (Å²) in [5.41, 5.74) is 5.91. The van der Waals surface area contributed by atoms with Gasteiger partial charge in [0.2, 0.25) is 5.91 Å². The van der Waals surface area contributed by atoms with Gasteiger partial charge in [-0.15, -0.1) is 0 Å². The summed E-state index contributed by atoms with van der Waals surface area (Å²) in [6, 6.07) is 2.67. The number of nitrogens with one attached hydrogen (secondary N) is 1. The quantitative estimate of drug-likeness (QED) is 0.841. The second kappa shape index (κ2) is 5.78. The Bertz CT molecular complexity index is 449. The molecule has 0 aliphatic rings. The van der Waals surface area contributed by atoms with Crippen LogP contribution in [-0.4, -0.2) is 11.9 Å². The fourth-order valence-electron chi connectivity index (χ4n) is 1.26. The number of amides is 1. The van der Waals surface area contributed by atoms with Crippen LogP contribution in [0.4, 0.5) is 5.69 Å². The minimum atomic E-state index is -0.645. The van der Waals surface area contributed by atoms with E-state index in [-0.39, 0.29) is 11.3 Å². The summed E-state index contributed by atoms with van der Waals surface area (Å²) >= 11 is 15.3. The molecule has 0 saturated heterocycles. The predicted octanol–water partition coefficient (Wildman–Crippen LogP) is 4.07. The largest absolute Gasteiger partial charge is 0.322 e. The van der Waals surface area contributed by atoms with Gasteiger partial charge in [-0.3, -0.25) is 4.79 Å². The van der Waals surface area contributed by atoms with Crippen molar-refractivity contribution < 1.29 is 4.79 Å². The van der Waals surface area contributed by atoms with Crippen LogP contribution in [0.5, 0.6) is 0 Å². The van der Waals surface area contributed by atoms with E-state index in [0.29, 0.717) is 15.7 Å². The SMILES string of the molecule is CC(C)(C)C(N)C(=O)Nc1c(Cl)cc(Br)cc1Cl. The van der Waals surface area contributed by atoms with E-state index in [1.165, 1.54) is 0 Å². The lowest BCUT2D eigenvalue weighted by molar-refractivity contribution is -0.119. The Labute approximate surface area is 125 Å². The third kappa shape index (κ3) is 3.85. The average Bonchev–Trinajstić information content (AvgIpc) is 2.20. The molecule has 1 atom stereocenters. The van der Waals surface area contributed by atoms with E-state index in [0.717, 1.165) is 4.47 Å². The minimum absolute atomic E-state index is 0.311. The van der Waals surface area contributed by atoms with Crippen LogP contribution in [0.2, 0.25) is 10.0 Å². The number of rotatable bonds is 2. The first-order valence-electron chi connectivity index (χ1n) is 5.34. The van der Waals surface area contributed by atoms with Crippen LogP contribution < -0.4 is 11.1 Å². The lowest BCUT2D eigenvalue weighted by Gasteiger charge is -2.26. The highest BCUT2D eigenvalue weighted by Crippen LogP contribution is 2.34. The summed E-state index contributed by atoms with van der Waals surface area (Å²) in [5, 5.41) is 3.39. The first-order chi connectivity index (χ1) is 8.12. The van der Waals surface area contributed by atoms with Gasteiger partial charge in [0.15, 0.2) is 0 Å². The normalized spacial score (nSPS) is 13.3. The first-order valence-corrected chi connectivity index (χ1v) is 6.89. The van der Waals surface area contributed by atoms with Crippen LogP contribution in [0.1, 0.15) is 20.8 Å². The molecule has 3 N–H and O–H groups in total. The number of halogens is 3. The van der Waals surface area contributed by atoms with Crippen molar-refractivity contribution in [3.05, 3.63) is 26.7 Å². The highest BCUT2D eigenvalue weighted by atomic mass is 79.9. The lowest BCUT2D eigenvalue weighted by Crippen LogP contribution is -2.45. The van der Waals surface area contributed by atoms with E-state index in [4.69, 9.17) is 28.9 Å². The molecular weight excluding hydrogens is 339 g/mol. The molecule has 0 bridgehead atoms. The third-order valence-corrected chi connectivity index (χ3v) is 3.52. The molecule has 0 heterocycles. The fourth-order valence-corrected chi connectivity index (χ4v) is 2.56. The first kappa shape index (κ1) is 15.8. The second-order valence-electron chi connectivity index (χ2n) is 5.08. The molecule has 18 heavy (non-hydrogen) atoms. The van der Waals surface area contributed by atoms with Gasteiger partial charge in [0.05, 0.1) is 21.8 Å². The summed E-state index contributed by atoms with van der Waals surface area (Å²) < 4.78 is 0.746. The molecule has 1 rings (SSSR count). The van der Waals surface area contributed by atoms with Gasteiger partial charge >= 0.3 is 0 Å². The molecule has 3 nitrogen and oxygen atoms in total. The third-order valence-electron chi connectivity index (χ3n) is 2.47. The van der Waals surface area contributed by atoms with Crippen molar-refractivity contribution in [3.63, 3.8) is 0 Å². The van der Waals surface area contributed by atoms with Gasteiger partial charge in [0.25, 0.3) is 0 Å². The molecule has 0 aromatic heterocycles. The maximum absolute atomic E-state index is 12.0. The Hall–Kier alpha value is -0.290. The Balaban J connectivity index is 2.96. The van der Waals surface area contributed by atoms with E-state index in [1.807, 2.05) is 20.8 Å². The molecule has 1 unspecified atom stereocenters. The summed E-state index contributed by atoms with van der Waals surface area (Å²) in [5.74, 6) is -0.311. The van der Waals surface area contributed by atoms with Crippen molar-refractivity contribution in [1.29, 1.82) is 0 Å². The van der Waals surface area contributed by atoms with Gasteiger partial charge in [-0.25, -0.2) is 0 Å². The predicted molar refractivity (Wildman–Crippen MR) is 80.2 cm³/mol. The topological polar surface area (TPSA) is 55.1 Å². The van der Waals surface area contributed by atoms with Gasteiger partial charge in [-0.05, 0) is 17.5 Å². The van der Waals surface area contributed by atoms with Crippen molar-refractivity contribution in [2.75, 3.05) is 5.32 Å². The monoisotopic (exact) mass is 352 g/mol. The van der Waals surface area contributed by atoms with Crippen LogP contribution in [0.3, 0.4) is 0 Å². The van der Waals surface area contributed by atoms with Crippen LogP contribution in [0.15, 0.2) is 16.6 Å². The van der Waals surface area contributed by atoms with Gasteiger partial charge in [-0.2, -0.15) is 0 Å². The summed E-state index contributed by atoms with van der Waals surface area (Å²) in [6.45, 7) is 5.67. The van der Waals surface area contributed by atoms with Crippen molar-refractivity contribution >= 4 is 50.7 Å². The zero-order valence-corrected chi connectivity index (χ0v) is 13.4. The molecule has 0 spiro atoms. The molecule has 0 aliphatic heterocycles. The molecule has 0 aliphatic carbocycles. The molecule has 0 fully saturated rings. The van der Waals surface area contributed by atoms with Crippen LogP contribution in [0.25, 0.3) is 0 Å². The summed E-state index contributed by atoms with van der Waals surface area (Å²) in [6.07, 6.45) is 0. The van der Waals surface area contributed by atoms with Crippen molar-refractivity contribution in [1.82, 2.24) is 0 Å². The lowest BCUT2D eigenvalue weighted by atomic mass is 9.87. The Morgan fingerprint density at radius 3 is 2.17 bits per heavy atom. The van der Waals surface area contributed by atoms with Crippen LogP contribution >= 0.6 is 39.1 Å². The maximum atomic E-state index is 12.0. The van der Waals surface area contributed by atoms with Crippen molar-refractivity contribution in [2.45, 2.75) is 26.8 Å². The number of carbonyl (C=O) groups excluding carboxylic acids is 1. The minimum Gasteiger partial charge on any atom is -0.322 e. The van der Waals surface area contributed by atoms with Gasteiger partial charge in [0.1, 0.15) is 0 Å². The molecule has 100 valence electrons. The van der Waals surface area contributed by atoms with Crippen molar-refractivity contribution in [2.24, 2.45) is 11.1 Å². The van der Waals surface area contributed by atoms with Crippen LogP contribution in [-0.2, 0) is 4.79 Å². The summed E-state index contributed by atoms with van der Waals surface area (Å²) in [4.78, 5) is 12.0. The number of nitrogens with two attached hydrogens (primary N) is 1. The zero-order valence-electron chi connectivity index (χ0n) is 10.4. The fraction of sp³-hybridized carbons (Fsp3) is 0.417. The molecule has 0 radical (unpaired) electrons. The average molecular weight is 354 g/mol. The van der Waals surface area contributed by atoms with E-state index in [2.05, 4.69) is 21.2 Å². The highest BCUT2D eigenvalue weighted by molar-refractivity contribution is 9.10. The molecular formula is C12H15BrCl2N2O. The van der Waals surface area contributed by atoms with Crippen molar-refractivity contribution in [3.8, 4) is 0 Å². The molecule has 1 aromatic rings. The second-order valence-corrected chi connectivity index (χ2v) is 6.81. The van der Waals surface area contributed by atoms with E-state index in [1.54, 1.807) is 12.1 Å². The number of benzene rings is 1. The molecule has 0 saturated carbocycles. The molecule has 1 amide bonds. The standard InChI is InChI=1S/C12H15BrCl2N2O/c1-12(2,3)10(16)11(18)17-9-7(14)4-6(13)5-8(9)15/h4-5,10H,16H2,1-3H3,(H,17,18). The Kier molecular flexibility index (Phi) is 5.06. The molecule has 1 aromatic carbocycles. The Morgan fingerprint density at radius 2 is 1.78 bits per heavy atom. The Morgan fingerprint density at radius 1 is 1.33 bits per heavy atom. The number of hydrogen-bond acceptors (Lipinski definition) is 2. The smallest absolute Gasteiger partial charge is 0.241 e. The van der Waals surface area contributed by atoms with Crippen LogP contribution in [0, 0.1) is 5.41 Å². The number of anilines is 1. The van der Waals surface area contributed by atoms with Gasteiger partial charge < -0.3 is 11.1 Å². The zero-order chi connectivity index (χ0) is 14.1. The molecule has 6 heteroatoms. The van der Waals surface area contributed by atoms with E-state index < -0.39 is 6.04 Å². The van der Waals surface area contributed by atoms with E-state index in [9.17, 15) is 4.79 Å². The number of carbonyl (C=O) groups is 1. The maximum Gasteiger partial charge on any atom is 0.241 e. The van der Waals surface area contributed by atoms with Gasteiger partial charge in [-0.1, -0.05) is 59.9 Å². The van der Waals surface area contributed by atoms with Gasteiger partial charge in [0, 0.05) is 4.47 Å². The summed E-state index contributed by atoms with van der Waals surface area (Å²) in [7, 11) is 0.